The summed E-state index contributed by atoms with van der Waals surface area (Å²) in [7, 11) is 1.35. The number of amides is 1. The number of methoxy groups -OCH3 is 1. The van der Waals surface area contributed by atoms with Gasteiger partial charge in [-0.05, 0) is 19.1 Å². The Balaban J connectivity index is 2.36. The molecule has 2 aromatic rings. The number of hydrogen-bond acceptors (Lipinski definition) is 5. The van der Waals surface area contributed by atoms with Crippen LogP contribution in [0.1, 0.15) is 21.9 Å². The minimum Gasteiger partial charge on any atom is -0.508 e. The van der Waals surface area contributed by atoms with Crippen molar-refractivity contribution >= 4 is 24.4 Å². The highest BCUT2D eigenvalue weighted by molar-refractivity contribution is 7.79. The number of rotatable bonds is 4. The van der Waals surface area contributed by atoms with E-state index >= 15 is 0 Å². The van der Waals surface area contributed by atoms with Gasteiger partial charge in [0.05, 0.1) is 18.7 Å². The van der Waals surface area contributed by atoms with Gasteiger partial charge in [-0.2, -0.15) is 25.8 Å². The van der Waals surface area contributed by atoms with Gasteiger partial charge in [-0.1, -0.05) is 0 Å². The fourth-order valence-electron chi connectivity index (χ4n) is 2.05. The number of carbonyl (C=O) groups is 1. The number of aromatic hydroxyl groups is 1. The molecule has 6 nitrogen and oxygen atoms in total. The SMILES string of the molecule is COc1cc(O)cc(C(=O)Nc2nc(C(F)(F)F)n(CS)c2C)c1. The van der Waals surface area contributed by atoms with E-state index in [-0.39, 0.29) is 34.5 Å². The third kappa shape index (κ3) is 3.58. The summed E-state index contributed by atoms with van der Waals surface area (Å²) in [4.78, 5) is 15.7. The van der Waals surface area contributed by atoms with E-state index in [9.17, 15) is 23.1 Å². The molecule has 1 aromatic carbocycles. The van der Waals surface area contributed by atoms with Crippen LogP contribution >= 0.6 is 12.6 Å². The fourth-order valence-corrected chi connectivity index (χ4v) is 2.40. The van der Waals surface area contributed by atoms with Crippen molar-refractivity contribution in [2.24, 2.45) is 0 Å². The van der Waals surface area contributed by atoms with Crippen molar-refractivity contribution in [1.82, 2.24) is 9.55 Å². The molecule has 24 heavy (non-hydrogen) atoms. The number of alkyl halides is 3. The zero-order chi connectivity index (χ0) is 18.1. The summed E-state index contributed by atoms with van der Waals surface area (Å²) >= 11 is 3.86. The van der Waals surface area contributed by atoms with Crippen molar-refractivity contribution in [3.63, 3.8) is 0 Å². The molecule has 0 saturated heterocycles. The minimum atomic E-state index is -4.68. The highest BCUT2D eigenvalue weighted by atomic mass is 32.1. The third-order valence-electron chi connectivity index (χ3n) is 3.24. The molecule has 0 saturated carbocycles. The standard InChI is InChI=1S/C14H14F3N3O3S/c1-7-11(19-13(14(15,16)17)20(7)6-24)18-12(22)8-3-9(21)5-10(4-8)23-2/h3-5,21,24H,6H2,1-2H3,(H,18,22). The zero-order valence-corrected chi connectivity index (χ0v) is 13.6. The van der Waals surface area contributed by atoms with Gasteiger partial charge < -0.3 is 19.7 Å². The van der Waals surface area contributed by atoms with Crippen molar-refractivity contribution in [3.8, 4) is 11.5 Å². The van der Waals surface area contributed by atoms with Crippen LogP contribution in [0.5, 0.6) is 11.5 Å². The summed E-state index contributed by atoms with van der Waals surface area (Å²) in [5.74, 6) is -2.35. The number of aromatic nitrogens is 2. The second-order valence-electron chi connectivity index (χ2n) is 4.81. The molecule has 0 aliphatic carbocycles. The van der Waals surface area contributed by atoms with Gasteiger partial charge in [0.2, 0.25) is 5.82 Å². The molecule has 2 rings (SSSR count). The Morgan fingerprint density at radius 3 is 2.58 bits per heavy atom. The second kappa shape index (κ2) is 6.63. The number of halogens is 3. The maximum Gasteiger partial charge on any atom is 0.449 e. The largest absolute Gasteiger partial charge is 0.508 e. The molecule has 0 aliphatic heterocycles. The van der Waals surface area contributed by atoms with Gasteiger partial charge >= 0.3 is 6.18 Å². The normalized spacial score (nSPS) is 11.4. The number of imidazole rings is 1. The first kappa shape index (κ1) is 18.0. The number of benzene rings is 1. The molecule has 0 aliphatic rings. The maximum atomic E-state index is 13.0. The molecule has 1 heterocycles. The van der Waals surface area contributed by atoms with E-state index in [4.69, 9.17) is 4.74 Å². The Morgan fingerprint density at radius 2 is 2.08 bits per heavy atom. The van der Waals surface area contributed by atoms with Crippen molar-refractivity contribution in [3.05, 3.63) is 35.3 Å². The lowest BCUT2D eigenvalue weighted by atomic mass is 10.2. The van der Waals surface area contributed by atoms with Gasteiger partial charge in [0.25, 0.3) is 5.91 Å². The first-order valence-electron chi connectivity index (χ1n) is 6.62. The third-order valence-corrected chi connectivity index (χ3v) is 3.52. The topological polar surface area (TPSA) is 76.4 Å². The molecule has 0 unspecified atom stereocenters. The van der Waals surface area contributed by atoms with E-state index in [1.54, 1.807) is 0 Å². The van der Waals surface area contributed by atoms with E-state index in [1.807, 2.05) is 0 Å². The molecule has 0 spiro atoms. The Kier molecular flexibility index (Phi) is 4.97. The molecule has 1 amide bonds. The zero-order valence-electron chi connectivity index (χ0n) is 12.7. The molecule has 130 valence electrons. The fraction of sp³-hybridized carbons (Fsp3) is 0.286. The van der Waals surface area contributed by atoms with E-state index in [0.29, 0.717) is 0 Å². The van der Waals surface area contributed by atoms with Crippen LogP contribution in [0, 0.1) is 6.92 Å². The van der Waals surface area contributed by atoms with Crippen LogP contribution in [-0.4, -0.2) is 27.7 Å². The molecular formula is C14H14F3N3O3S. The minimum absolute atomic E-state index is 0.0141. The molecule has 0 fully saturated rings. The predicted molar refractivity (Wildman–Crippen MR) is 83.6 cm³/mol. The van der Waals surface area contributed by atoms with Gasteiger partial charge in [-0.15, -0.1) is 0 Å². The van der Waals surface area contributed by atoms with Crippen molar-refractivity contribution in [2.75, 3.05) is 12.4 Å². The molecule has 0 atom stereocenters. The van der Waals surface area contributed by atoms with Crippen LogP contribution in [0.2, 0.25) is 0 Å². The van der Waals surface area contributed by atoms with Crippen LogP contribution in [0.25, 0.3) is 0 Å². The number of carbonyl (C=O) groups excluding carboxylic acids is 1. The van der Waals surface area contributed by atoms with Crippen LogP contribution in [0.4, 0.5) is 19.0 Å². The Bertz CT molecular complexity index is 775. The highest BCUT2D eigenvalue weighted by Crippen LogP contribution is 2.32. The first-order valence-corrected chi connectivity index (χ1v) is 7.25. The van der Waals surface area contributed by atoms with E-state index in [1.165, 1.54) is 26.2 Å². The number of phenolic OH excluding ortho intramolecular Hbond substituents is 1. The van der Waals surface area contributed by atoms with Gasteiger partial charge in [0, 0.05) is 11.6 Å². The monoisotopic (exact) mass is 361 g/mol. The van der Waals surface area contributed by atoms with Gasteiger partial charge in [-0.25, -0.2) is 4.98 Å². The lowest BCUT2D eigenvalue weighted by molar-refractivity contribution is -0.146. The van der Waals surface area contributed by atoms with Crippen molar-refractivity contribution < 1.29 is 27.8 Å². The Morgan fingerprint density at radius 1 is 1.42 bits per heavy atom. The van der Waals surface area contributed by atoms with Gasteiger partial charge in [-0.3, -0.25) is 4.79 Å². The molecular weight excluding hydrogens is 347 g/mol. The summed E-state index contributed by atoms with van der Waals surface area (Å²) in [5.41, 5.74) is 0.123. The quantitative estimate of drug-likeness (QED) is 0.732. The summed E-state index contributed by atoms with van der Waals surface area (Å²) < 4.78 is 44.6. The van der Waals surface area contributed by atoms with Crippen molar-refractivity contribution in [1.29, 1.82) is 0 Å². The first-order chi connectivity index (χ1) is 11.2. The van der Waals surface area contributed by atoms with Crippen LogP contribution in [0.15, 0.2) is 18.2 Å². The second-order valence-corrected chi connectivity index (χ2v) is 5.09. The van der Waals surface area contributed by atoms with Crippen LogP contribution in [0.3, 0.4) is 0 Å². The summed E-state index contributed by atoms with van der Waals surface area (Å²) in [5, 5.41) is 11.8. The van der Waals surface area contributed by atoms with E-state index in [0.717, 1.165) is 10.6 Å². The van der Waals surface area contributed by atoms with Crippen molar-refractivity contribution in [2.45, 2.75) is 19.0 Å². The molecule has 1 aromatic heterocycles. The maximum absolute atomic E-state index is 13.0. The average Bonchev–Trinajstić information content (AvgIpc) is 2.82. The Hall–Kier alpha value is -2.36. The molecule has 2 N–H and O–H groups in total. The van der Waals surface area contributed by atoms with Crippen LogP contribution < -0.4 is 10.1 Å². The predicted octanol–water partition coefficient (Wildman–Crippen LogP) is 3.06. The average molecular weight is 361 g/mol. The van der Waals surface area contributed by atoms with Crippen LogP contribution in [-0.2, 0) is 12.1 Å². The number of phenols is 1. The smallest absolute Gasteiger partial charge is 0.449 e. The molecule has 0 radical (unpaired) electrons. The molecule has 10 heteroatoms. The lowest BCUT2D eigenvalue weighted by Crippen LogP contribution is -2.14. The van der Waals surface area contributed by atoms with E-state index in [2.05, 4.69) is 22.9 Å². The number of thiol groups is 1. The summed E-state index contributed by atoms with van der Waals surface area (Å²) in [6, 6.07) is 3.79. The number of anilines is 1. The number of hydrogen-bond donors (Lipinski definition) is 3. The summed E-state index contributed by atoms with van der Waals surface area (Å²) in [6.45, 7) is 1.39. The molecule has 0 bridgehead atoms. The number of ether oxygens (including phenoxy) is 1. The van der Waals surface area contributed by atoms with E-state index < -0.39 is 17.9 Å². The number of nitrogens with one attached hydrogen (secondary N) is 1. The highest BCUT2D eigenvalue weighted by Gasteiger charge is 2.38. The lowest BCUT2D eigenvalue weighted by Gasteiger charge is -2.08. The van der Waals surface area contributed by atoms with Gasteiger partial charge in [0.1, 0.15) is 11.5 Å². The number of nitrogens with zero attached hydrogens (tertiary/aromatic N) is 2. The van der Waals surface area contributed by atoms with Gasteiger partial charge in [0.15, 0.2) is 5.82 Å². The Labute approximate surface area is 140 Å². The summed E-state index contributed by atoms with van der Waals surface area (Å²) in [6.07, 6.45) is -4.68.